The summed E-state index contributed by atoms with van der Waals surface area (Å²) in [6, 6.07) is 3.75. The van der Waals surface area contributed by atoms with Crippen LogP contribution in [0.5, 0.6) is 5.75 Å². The van der Waals surface area contributed by atoms with Crippen molar-refractivity contribution >= 4 is 28.7 Å². The molecule has 148 valence electrons. The number of piperazine rings is 1. The van der Waals surface area contributed by atoms with E-state index in [1.54, 1.807) is 19.4 Å². The summed E-state index contributed by atoms with van der Waals surface area (Å²) in [5.74, 6) is 0.597. The Morgan fingerprint density at radius 1 is 1.21 bits per heavy atom. The largest absolute Gasteiger partial charge is 0.496 e. The Morgan fingerprint density at radius 2 is 2.00 bits per heavy atom. The van der Waals surface area contributed by atoms with E-state index < -0.39 is 0 Å². The summed E-state index contributed by atoms with van der Waals surface area (Å²) in [6.07, 6.45) is 3.19. The molecule has 8 heteroatoms. The maximum Gasteiger partial charge on any atom is 0.265 e. The van der Waals surface area contributed by atoms with Crippen molar-refractivity contribution in [1.82, 2.24) is 14.8 Å². The molecular weight excluding hydrogens is 376 g/mol. The van der Waals surface area contributed by atoms with Crippen molar-refractivity contribution in [1.29, 1.82) is 0 Å². The summed E-state index contributed by atoms with van der Waals surface area (Å²) in [5, 5.41) is 0.918. The third-order valence-electron chi connectivity index (χ3n) is 5.51. The molecule has 0 unspecified atom stereocenters. The number of benzene rings is 1. The number of fused-ring (bicyclic) bond motifs is 1. The van der Waals surface area contributed by atoms with Crippen molar-refractivity contribution in [2.24, 2.45) is 0 Å². The minimum absolute atomic E-state index is 0.00648. The van der Waals surface area contributed by atoms with Crippen LogP contribution in [0.3, 0.4) is 0 Å². The lowest BCUT2D eigenvalue weighted by Crippen LogP contribution is -2.44. The lowest BCUT2D eigenvalue weighted by atomic mass is 9.94. The van der Waals surface area contributed by atoms with Crippen LogP contribution in [0.25, 0.3) is 0 Å². The summed E-state index contributed by atoms with van der Waals surface area (Å²) in [6.45, 7) is 4.97. The molecule has 0 bridgehead atoms. The lowest BCUT2D eigenvalue weighted by molar-refractivity contribution is 0.0739. The van der Waals surface area contributed by atoms with Gasteiger partial charge in [-0.2, -0.15) is 0 Å². The SMILES string of the molecule is COc1ccc2c(c1C=O)CCN(C(=O)c1cnc(N3CCN(C)CC3)s1)C2. The molecule has 1 saturated heterocycles. The molecule has 0 N–H and O–H groups in total. The van der Waals surface area contributed by atoms with Crippen LogP contribution in [-0.4, -0.2) is 73.9 Å². The second-order valence-corrected chi connectivity index (χ2v) is 8.22. The predicted octanol–water partition coefficient (Wildman–Crippen LogP) is 1.91. The van der Waals surface area contributed by atoms with Crippen LogP contribution in [0.4, 0.5) is 5.13 Å². The van der Waals surface area contributed by atoms with Gasteiger partial charge in [0.25, 0.3) is 5.91 Å². The number of hydrogen-bond donors (Lipinski definition) is 0. The van der Waals surface area contributed by atoms with Crippen molar-refractivity contribution in [3.63, 3.8) is 0 Å². The fourth-order valence-corrected chi connectivity index (χ4v) is 4.74. The van der Waals surface area contributed by atoms with Crippen LogP contribution in [0.15, 0.2) is 18.3 Å². The molecule has 0 radical (unpaired) electrons. The van der Waals surface area contributed by atoms with Gasteiger partial charge >= 0.3 is 0 Å². The zero-order chi connectivity index (χ0) is 19.7. The predicted molar refractivity (Wildman–Crippen MR) is 109 cm³/mol. The molecule has 0 atom stereocenters. The van der Waals surface area contributed by atoms with Gasteiger partial charge in [0.05, 0.1) is 18.9 Å². The smallest absolute Gasteiger partial charge is 0.265 e. The standard InChI is InChI=1S/C20H24N4O3S/c1-22-7-9-23(10-8-22)20-21-11-18(28-20)19(26)24-6-5-15-14(12-24)3-4-17(27-2)16(15)13-25/h3-4,11,13H,5-10,12H2,1-2H3. The van der Waals surface area contributed by atoms with E-state index in [2.05, 4.69) is 21.8 Å². The van der Waals surface area contributed by atoms with E-state index >= 15 is 0 Å². The number of ether oxygens (including phenoxy) is 1. The van der Waals surface area contributed by atoms with Crippen LogP contribution >= 0.6 is 11.3 Å². The monoisotopic (exact) mass is 400 g/mol. The number of nitrogens with zero attached hydrogens (tertiary/aromatic N) is 4. The topological polar surface area (TPSA) is 66.0 Å². The number of rotatable bonds is 4. The van der Waals surface area contributed by atoms with Gasteiger partial charge in [-0.15, -0.1) is 0 Å². The van der Waals surface area contributed by atoms with Gasteiger partial charge in [0.15, 0.2) is 11.4 Å². The number of anilines is 1. The minimum Gasteiger partial charge on any atom is -0.496 e. The molecule has 2 aliphatic rings. The second-order valence-electron chi connectivity index (χ2n) is 7.21. The molecule has 2 aliphatic heterocycles. The van der Waals surface area contributed by atoms with Gasteiger partial charge in [0, 0.05) is 39.3 Å². The summed E-state index contributed by atoms with van der Waals surface area (Å²) in [5.41, 5.74) is 2.59. The number of hydrogen-bond acceptors (Lipinski definition) is 7. The first kappa shape index (κ1) is 18.9. The Balaban J connectivity index is 1.49. The molecule has 1 aromatic carbocycles. The molecular formula is C20H24N4O3S. The highest BCUT2D eigenvalue weighted by atomic mass is 32.1. The van der Waals surface area contributed by atoms with Gasteiger partial charge in [0.1, 0.15) is 10.6 Å². The molecule has 3 heterocycles. The normalized spacial score (nSPS) is 17.4. The van der Waals surface area contributed by atoms with Crippen LogP contribution in [0.2, 0.25) is 0 Å². The molecule has 0 aliphatic carbocycles. The highest BCUT2D eigenvalue weighted by Crippen LogP contribution is 2.30. The zero-order valence-corrected chi connectivity index (χ0v) is 17.0. The fraction of sp³-hybridized carbons (Fsp3) is 0.450. The van der Waals surface area contributed by atoms with Crippen molar-refractivity contribution < 1.29 is 14.3 Å². The van der Waals surface area contributed by atoms with E-state index in [1.165, 1.54) is 11.3 Å². The molecule has 1 amide bonds. The quantitative estimate of drug-likeness (QED) is 0.731. The number of thiazole rings is 1. The van der Waals surface area contributed by atoms with E-state index in [0.717, 1.165) is 48.7 Å². The van der Waals surface area contributed by atoms with E-state index in [-0.39, 0.29) is 5.91 Å². The van der Waals surface area contributed by atoms with Gasteiger partial charge in [-0.1, -0.05) is 17.4 Å². The third kappa shape index (κ3) is 3.49. The summed E-state index contributed by atoms with van der Waals surface area (Å²) in [4.78, 5) is 36.0. The van der Waals surface area contributed by atoms with E-state index in [9.17, 15) is 9.59 Å². The first-order valence-corrected chi connectivity index (χ1v) is 10.2. The van der Waals surface area contributed by atoms with Gasteiger partial charge < -0.3 is 19.4 Å². The Labute approximate surface area is 168 Å². The molecule has 7 nitrogen and oxygen atoms in total. The number of carbonyl (C=O) groups excluding carboxylic acids is 2. The summed E-state index contributed by atoms with van der Waals surface area (Å²) >= 11 is 1.47. The molecule has 0 saturated carbocycles. The summed E-state index contributed by atoms with van der Waals surface area (Å²) < 4.78 is 5.29. The number of aromatic nitrogens is 1. The molecule has 1 fully saturated rings. The van der Waals surface area contributed by atoms with E-state index in [1.807, 2.05) is 11.0 Å². The molecule has 0 spiro atoms. The first-order valence-electron chi connectivity index (χ1n) is 9.43. The molecule has 4 rings (SSSR count). The molecule has 2 aromatic rings. The zero-order valence-electron chi connectivity index (χ0n) is 16.2. The van der Waals surface area contributed by atoms with Crippen LogP contribution in [-0.2, 0) is 13.0 Å². The maximum absolute atomic E-state index is 13.0. The number of amides is 1. The van der Waals surface area contributed by atoms with Gasteiger partial charge in [-0.3, -0.25) is 9.59 Å². The number of carbonyl (C=O) groups is 2. The Morgan fingerprint density at radius 3 is 2.71 bits per heavy atom. The lowest BCUT2D eigenvalue weighted by Gasteiger charge is -2.32. The first-order chi connectivity index (χ1) is 13.6. The van der Waals surface area contributed by atoms with E-state index in [4.69, 9.17) is 4.74 Å². The van der Waals surface area contributed by atoms with Crippen molar-refractivity contribution in [2.45, 2.75) is 13.0 Å². The molecule has 1 aromatic heterocycles. The van der Waals surface area contributed by atoms with Gasteiger partial charge in [-0.05, 0) is 30.7 Å². The molecule has 28 heavy (non-hydrogen) atoms. The van der Waals surface area contributed by atoms with Crippen molar-refractivity contribution in [3.8, 4) is 5.75 Å². The Hall–Kier alpha value is -2.45. The van der Waals surface area contributed by atoms with Crippen LogP contribution in [0, 0.1) is 0 Å². The Bertz CT molecular complexity index is 890. The number of likely N-dealkylation sites (N-methyl/N-ethyl adjacent to an activating group) is 1. The minimum atomic E-state index is 0.00648. The van der Waals surface area contributed by atoms with E-state index in [0.29, 0.717) is 35.7 Å². The second kappa shape index (κ2) is 7.89. The van der Waals surface area contributed by atoms with Crippen LogP contribution < -0.4 is 9.64 Å². The number of aldehydes is 1. The number of methoxy groups -OCH3 is 1. The van der Waals surface area contributed by atoms with Crippen molar-refractivity contribution in [3.05, 3.63) is 39.9 Å². The Kier molecular flexibility index (Phi) is 5.32. The van der Waals surface area contributed by atoms with Crippen molar-refractivity contribution in [2.75, 3.05) is 51.8 Å². The van der Waals surface area contributed by atoms with Gasteiger partial charge in [-0.25, -0.2) is 4.98 Å². The maximum atomic E-state index is 13.0. The third-order valence-corrected chi connectivity index (χ3v) is 6.56. The fourth-order valence-electron chi connectivity index (χ4n) is 3.81. The highest BCUT2D eigenvalue weighted by molar-refractivity contribution is 7.17. The average molecular weight is 401 g/mol. The average Bonchev–Trinajstić information content (AvgIpc) is 3.22. The van der Waals surface area contributed by atoms with Gasteiger partial charge in [0.2, 0.25) is 0 Å². The highest BCUT2D eigenvalue weighted by Gasteiger charge is 2.27. The summed E-state index contributed by atoms with van der Waals surface area (Å²) in [7, 11) is 3.68. The van der Waals surface area contributed by atoms with Crippen LogP contribution in [0.1, 0.15) is 31.2 Å².